The third-order valence-electron chi connectivity index (χ3n) is 5.88. The molecule has 32 heavy (non-hydrogen) atoms. The summed E-state index contributed by atoms with van der Waals surface area (Å²) in [6, 6.07) is 12.2. The van der Waals surface area contributed by atoms with Gasteiger partial charge in [-0.1, -0.05) is 53.6 Å². The molecule has 0 aromatic heterocycles. The lowest BCUT2D eigenvalue weighted by molar-refractivity contribution is -0.385. The van der Waals surface area contributed by atoms with Crippen LogP contribution in [-0.2, 0) is 16.1 Å². The lowest BCUT2D eigenvalue weighted by Gasteiger charge is -2.30. The van der Waals surface area contributed by atoms with Crippen LogP contribution in [0.5, 0.6) is 0 Å². The first-order valence-electron chi connectivity index (χ1n) is 10.1. The Hall–Kier alpha value is -3.52. The maximum Gasteiger partial charge on any atom is 0.282 e. The molecule has 1 aliphatic heterocycles. The number of amides is 3. The van der Waals surface area contributed by atoms with Crippen LogP contribution >= 0.6 is 11.6 Å². The number of imide groups is 1. The molecule has 0 N–H and O–H groups in total. The second kappa shape index (κ2) is 8.55. The van der Waals surface area contributed by atoms with Crippen molar-refractivity contribution in [2.24, 2.45) is 11.8 Å². The van der Waals surface area contributed by atoms with Crippen LogP contribution in [0.3, 0.4) is 0 Å². The molecule has 4 rings (SSSR count). The molecule has 9 heteroatoms. The molecule has 164 valence electrons. The Labute approximate surface area is 189 Å². The summed E-state index contributed by atoms with van der Waals surface area (Å²) in [6.45, 7) is 1.71. The van der Waals surface area contributed by atoms with E-state index in [1.807, 2.05) is 13.0 Å². The quantitative estimate of drug-likeness (QED) is 0.293. The molecule has 0 saturated carbocycles. The molecule has 2 aromatic rings. The Morgan fingerprint density at radius 2 is 1.78 bits per heavy atom. The number of fused-ring (bicyclic) bond motifs is 1. The number of nitro benzene ring substituents is 1. The minimum absolute atomic E-state index is 0.187. The monoisotopic (exact) mass is 453 g/mol. The summed E-state index contributed by atoms with van der Waals surface area (Å²) in [4.78, 5) is 50.9. The highest BCUT2D eigenvalue weighted by molar-refractivity contribution is 6.31. The van der Waals surface area contributed by atoms with Crippen LogP contribution in [0.25, 0.3) is 0 Å². The Bertz CT molecular complexity index is 1160. The van der Waals surface area contributed by atoms with E-state index in [0.29, 0.717) is 23.4 Å². The van der Waals surface area contributed by atoms with Gasteiger partial charge in [0.2, 0.25) is 0 Å². The van der Waals surface area contributed by atoms with Crippen LogP contribution in [0.1, 0.15) is 35.7 Å². The van der Waals surface area contributed by atoms with Gasteiger partial charge in [0.05, 0.1) is 23.3 Å². The number of carbonyl (C=O) groups excluding carboxylic acids is 3. The van der Waals surface area contributed by atoms with Crippen molar-refractivity contribution in [3.63, 3.8) is 0 Å². The van der Waals surface area contributed by atoms with Crippen molar-refractivity contribution in [2.45, 2.75) is 26.3 Å². The summed E-state index contributed by atoms with van der Waals surface area (Å²) in [5.74, 6) is -2.89. The minimum atomic E-state index is -0.817. The number of halogens is 1. The summed E-state index contributed by atoms with van der Waals surface area (Å²) in [7, 11) is 0. The second-order valence-electron chi connectivity index (χ2n) is 7.92. The van der Waals surface area contributed by atoms with Crippen molar-refractivity contribution < 1.29 is 19.3 Å². The first-order valence-corrected chi connectivity index (χ1v) is 10.5. The molecule has 0 unspecified atom stereocenters. The lowest BCUT2D eigenvalue weighted by atomic mass is 9.82. The number of benzene rings is 2. The molecule has 8 nitrogen and oxygen atoms in total. The predicted octanol–water partition coefficient (Wildman–Crippen LogP) is 4.15. The van der Waals surface area contributed by atoms with E-state index in [9.17, 15) is 24.5 Å². The zero-order chi connectivity index (χ0) is 23.0. The molecule has 0 spiro atoms. The van der Waals surface area contributed by atoms with Crippen molar-refractivity contribution in [3.8, 4) is 0 Å². The van der Waals surface area contributed by atoms with E-state index in [4.69, 9.17) is 11.6 Å². The van der Waals surface area contributed by atoms with E-state index in [1.54, 1.807) is 24.3 Å². The van der Waals surface area contributed by atoms with Gasteiger partial charge in [-0.25, -0.2) is 5.01 Å². The van der Waals surface area contributed by atoms with E-state index in [0.717, 1.165) is 15.6 Å². The van der Waals surface area contributed by atoms with Gasteiger partial charge in [-0.2, -0.15) is 5.01 Å². The number of allylic oxidation sites excluding steroid dienone is 2. The van der Waals surface area contributed by atoms with Crippen LogP contribution < -0.4 is 0 Å². The topological polar surface area (TPSA) is 101 Å². The summed E-state index contributed by atoms with van der Waals surface area (Å²) in [6.07, 6.45) is 2.78. The smallest absolute Gasteiger partial charge is 0.272 e. The normalized spacial score (nSPS) is 20.1. The number of nitro groups is 1. The third kappa shape index (κ3) is 3.78. The van der Waals surface area contributed by atoms with E-state index in [1.165, 1.54) is 24.3 Å². The number of hydrazine groups is 1. The third-order valence-corrected chi connectivity index (χ3v) is 6.25. The highest BCUT2D eigenvalue weighted by Gasteiger charge is 2.51. The Morgan fingerprint density at radius 1 is 1.12 bits per heavy atom. The Balaban J connectivity index is 1.78. The van der Waals surface area contributed by atoms with Crippen molar-refractivity contribution >= 4 is 35.0 Å². The maximum atomic E-state index is 13.6. The summed E-state index contributed by atoms with van der Waals surface area (Å²) in [5, 5.41) is 13.7. The fraction of sp³-hybridized carbons (Fsp3) is 0.261. The average molecular weight is 454 g/mol. The minimum Gasteiger partial charge on any atom is -0.272 e. The summed E-state index contributed by atoms with van der Waals surface area (Å²) in [5.41, 5.74) is 0.896. The van der Waals surface area contributed by atoms with Crippen molar-refractivity contribution in [1.29, 1.82) is 0 Å². The summed E-state index contributed by atoms with van der Waals surface area (Å²) < 4.78 is 0. The number of para-hydroxylation sites is 1. The molecule has 0 radical (unpaired) electrons. The van der Waals surface area contributed by atoms with Crippen LogP contribution in [0.4, 0.5) is 5.69 Å². The van der Waals surface area contributed by atoms with Gasteiger partial charge in [0.1, 0.15) is 5.56 Å². The molecule has 2 atom stereocenters. The lowest BCUT2D eigenvalue weighted by Crippen LogP contribution is -2.50. The number of nitrogens with zero attached hydrogens (tertiary/aromatic N) is 3. The van der Waals surface area contributed by atoms with Crippen LogP contribution in [-0.4, -0.2) is 32.7 Å². The SMILES string of the molecule is CC1=CC[C@H]2C(=O)N(N(Cc3ccccc3Cl)C(=O)c3ccccc3[N+](=O)[O-])C(=O)[C@H]2C1. The van der Waals surface area contributed by atoms with Gasteiger partial charge in [-0.15, -0.1) is 0 Å². The molecule has 1 heterocycles. The number of hydrogen-bond acceptors (Lipinski definition) is 5. The largest absolute Gasteiger partial charge is 0.282 e. The molecule has 0 bridgehead atoms. The fourth-order valence-electron chi connectivity index (χ4n) is 4.23. The van der Waals surface area contributed by atoms with E-state index >= 15 is 0 Å². The number of carbonyl (C=O) groups is 3. The highest BCUT2D eigenvalue weighted by Crippen LogP contribution is 2.39. The van der Waals surface area contributed by atoms with Gasteiger partial charge >= 0.3 is 0 Å². The van der Waals surface area contributed by atoms with Gasteiger partial charge in [-0.05, 0) is 37.5 Å². The Kier molecular flexibility index (Phi) is 5.80. The fourth-order valence-corrected chi connectivity index (χ4v) is 4.43. The van der Waals surface area contributed by atoms with Crippen LogP contribution in [0.15, 0.2) is 60.2 Å². The first kappa shape index (κ1) is 21.7. The van der Waals surface area contributed by atoms with Gasteiger partial charge in [0, 0.05) is 11.1 Å². The zero-order valence-corrected chi connectivity index (χ0v) is 18.0. The second-order valence-corrected chi connectivity index (χ2v) is 8.33. The van der Waals surface area contributed by atoms with Crippen molar-refractivity contribution in [2.75, 3.05) is 0 Å². The Morgan fingerprint density at radius 3 is 2.50 bits per heavy atom. The number of rotatable bonds is 5. The molecule has 3 amide bonds. The molecular formula is C23H20ClN3O5. The van der Waals surface area contributed by atoms with Gasteiger partial charge < -0.3 is 0 Å². The average Bonchev–Trinajstić information content (AvgIpc) is 3.02. The molecular weight excluding hydrogens is 434 g/mol. The number of hydrogen-bond donors (Lipinski definition) is 0. The van der Waals surface area contributed by atoms with Crippen molar-refractivity contribution in [1.82, 2.24) is 10.0 Å². The van der Waals surface area contributed by atoms with Crippen LogP contribution in [0, 0.1) is 22.0 Å². The van der Waals surface area contributed by atoms with E-state index < -0.39 is 40.2 Å². The van der Waals surface area contributed by atoms with Gasteiger partial charge in [-0.3, -0.25) is 24.5 Å². The highest BCUT2D eigenvalue weighted by atomic mass is 35.5. The molecule has 1 fully saturated rings. The predicted molar refractivity (Wildman–Crippen MR) is 116 cm³/mol. The van der Waals surface area contributed by atoms with E-state index in [2.05, 4.69) is 0 Å². The molecule has 1 saturated heterocycles. The van der Waals surface area contributed by atoms with Gasteiger partial charge in [0.25, 0.3) is 23.4 Å². The first-order chi connectivity index (χ1) is 15.3. The van der Waals surface area contributed by atoms with E-state index in [-0.39, 0.29) is 12.1 Å². The molecule has 1 aliphatic carbocycles. The molecule has 2 aliphatic rings. The molecule has 2 aromatic carbocycles. The maximum absolute atomic E-state index is 13.6. The van der Waals surface area contributed by atoms with Crippen molar-refractivity contribution in [3.05, 3.63) is 86.4 Å². The van der Waals surface area contributed by atoms with Gasteiger partial charge in [0.15, 0.2) is 0 Å². The zero-order valence-electron chi connectivity index (χ0n) is 17.2. The van der Waals surface area contributed by atoms with Crippen LogP contribution in [0.2, 0.25) is 5.02 Å². The summed E-state index contributed by atoms with van der Waals surface area (Å²) >= 11 is 6.28. The standard InChI is InChI=1S/C23H20ClN3O5/c1-14-10-11-16-18(12-14)23(30)26(22(16)29)25(13-15-6-2-4-8-19(15)24)21(28)17-7-3-5-9-20(17)27(31)32/h2-10,16,18H,11-13H2,1H3/t16-,18+/m1/s1.